The van der Waals surface area contributed by atoms with Crippen LogP contribution in [0.5, 0.6) is 5.75 Å². The molecule has 1 aromatic heterocycles. The number of rotatable bonds is 5. The summed E-state index contributed by atoms with van der Waals surface area (Å²) in [6.07, 6.45) is 1.73. The number of methoxy groups -OCH3 is 1. The molecule has 0 spiro atoms. The number of aromatic nitrogens is 2. The Hall–Kier alpha value is -3.69. The molecule has 30 heavy (non-hydrogen) atoms. The maximum absolute atomic E-state index is 12.6. The number of amides is 1. The lowest BCUT2D eigenvalue weighted by atomic mass is 10.2. The Morgan fingerprint density at radius 1 is 1.07 bits per heavy atom. The minimum Gasteiger partial charge on any atom is -0.495 e. The number of nitrogens with two attached hydrogens (primary N) is 1. The maximum Gasteiger partial charge on any atom is 0.255 e. The molecule has 4 rings (SSSR count). The number of carbonyl (C=O) groups is 1. The Kier molecular flexibility index (Phi) is 4.98. The molecule has 8 nitrogen and oxygen atoms in total. The average molecular weight is 422 g/mol. The predicted molar refractivity (Wildman–Crippen MR) is 113 cm³/mol. The first kappa shape index (κ1) is 19.6. The molecule has 0 aliphatic carbocycles. The van der Waals surface area contributed by atoms with E-state index in [1.165, 1.54) is 25.3 Å². The summed E-state index contributed by atoms with van der Waals surface area (Å²) in [6.45, 7) is 0. The van der Waals surface area contributed by atoms with E-state index in [-0.39, 0.29) is 22.2 Å². The predicted octanol–water partition coefficient (Wildman–Crippen LogP) is 2.93. The number of hydrogen-bond donors (Lipinski definition) is 2. The van der Waals surface area contributed by atoms with Gasteiger partial charge in [0, 0.05) is 16.9 Å². The molecule has 4 aromatic rings. The summed E-state index contributed by atoms with van der Waals surface area (Å²) in [5.41, 5.74) is 3.40. The van der Waals surface area contributed by atoms with Crippen molar-refractivity contribution < 1.29 is 17.9 Å². The van der Waals surface area contributed by atoms with E-state index in [1.54, 1.807) is 18.5 Å². The molecule has 3 aromatic carbocycles. The van der Waals surface area contributed by atoms with Gasteiger partial charge in [0.2, 0.25) is 10.0 Å². The number of primary sulfonamides is 1. The van der Waals surface area contributed by atoms with E-state index in [9.17, 15) is 13.2 Å². The van der Waals surface area contributed by atoms with Crippen molar-refractivity contribution in [3.05, 3.63) is 78.6 Å². The Balaban J connectivity index is 1.58. The smallest absolute Gasteiger partial charge is 0.255 e. The maximum atomic E-state index is 12.6. The summed E-state index contributed by atoms with van der Waals surface area (Å²) in [5.74, 6) is -0.282. The van der Waals surface area contributed by atoms with Gasteiger partial charge in [0.1, 0.15) is 17.0 Å². The van der Waals surface area contributed by atoms with Gasteiger partial charge >= 0.3 is 0 Å². The van der Waals surface area contributed by atoms with Crippen molar-refractivity contribution in [1.29, 1.82) is 0 Å². The highest BCUT2D eigenvalue weighted by molar-refractivity contribution is 7.89. The third-order valence-electron chi connectivity index (χ3n) is 4.59. The minimum atomic E-state index is -4.00. The molecule has 1 amide bonds. The van der Waals surface area contributed by atoms with Crippen LogP contribution in [-0.4, -0.2) is 31.0 Å². The van der Waals surface area contributed by atoms with Gasteiger partial charge in [-0.3, -0.25) is 9.36 Å². The van der Waals surface area contributed by atoms with Crippen LogP contribution >= 0.6 is 0 Å². The van der Waals surface area contributed by atoms with E-state index >= 15 is 0 Å². The Labute approximate surface area is 173 Å². The molecular formula is C21H18N4O4S. The Morgan fingerprint density at radius 3 is 2.50 bits per heavy atom. The molecule has 152 valence electrons. The van der Waals surface area contributed by atoms with Crippen LogP contribution in [0.1, 0.15) is 10.4 Å². The largest absolute Gasteiger partial charge is 0.495 e. The molecular weight excluding hydrogens is 404 g/mol. The van der Waals surface area contributed by atoms with E-state index in [2.05, 4.69) is 10.3 Å². The normalized spacial score (nSPS) is 11.4. The van der Waals surface area contributed by atoms with Crippen molar-refractivity contribution >= 4 is 32.7 Å². The number of nitrogens with one attached hydrogen (secondary N) is 1. The quantitative estimate of drug-likeness (QED) is 0.513. The molecule has 0 radical (unpaired) electrons. The van der Waals surface area contributed by atoms with Gasteiger partial charge < -0.3 is 10.1 Å². The zero-order chi connectivity index (χ0) is 21.3. The topological polar surface area (TPSA) is 116 Å². The molecule has 0 aliphatic heterocycles. The zero-order valence-corrected chi connectivity index (χ0v) is 16.8. The van der Waals surface area contributed by atoms with Gasteiger partial charge in [-0.15, -0.1) is 0 Å². The van der Waals surface area contributed by atoms with Gasteiger partial charge in [-0.25, -0.2) is 18.5 Å². The SMILES string of the molecule is COc1ccc(NC(=O)c2ccc(-n3cnc4ccccc43)cc2)cc1S(N)(=O)=O. The Morgan fingerprint density at radius 2 is 1.80 bits per heavy atom. The number of sulfonamides is 1. The van der Waals surface area contributed by atoms with Crippen molar-refractivity contribution in [2.75, 3.05) is 12.4 Å². The van der Waals surface area contributed by atoms with E-state index in [1.807, 2.05) is 41.0 Å². The summed E-state index contributed by atoms with van der Waals surface area (Å²) < 4.78 is 30.4. The minimum absolute atomic E-state index is 0.104. The molecule has 9 heteroatoms. The summed E-state index contributed by atoms with van der Waals surface area (Å²) >= 11 is 0. The fraction of sp³-hybridized carbons (Fsp3) is 0.0476. The fourth-order valence-electron chi connectivity index (χ4n) is 3.12. The molecule has 0 bridgehead atoms. The van der Waals surface area contributed by atoms with Crippen LogP contribution in [0.25, 0.3) is 16.7 Å². The van der Waals surface area contributed by atoms with Crippen LogP contribution < -0.4 is 15.2 Å². The van der Waals surface area contributed by atoms with Crippen LogP contribution in [0.2, 0.25) is 0 Å². The first-order valence-electron chi connectivity index (χ1n) is 8.91. The van der Waals surface area contributed by atoms with Crippen molar-refractivity contribution in [3.8, 4) is 11.4 Å². The van der Waals surface area contributed by atoms with Gasteiger partial charge in [-0.1, -0.05) is 12.1 Å². The summed E-state index contributed by atoms with van der Waals surface area (Å²) in [4.78, 5) is 16.8. The van der Waals surface area contributed by atoms with Crippen molar-refractivity contribution in [3.63, 3.8) is 0 Å². The highest BCUT2D eigenvalue weighted by Crippen LogP contribution is 2.26. The third-order valence-corrected chi connectivity index (χ3v) is 5.52. The molecule has 0 unspecified atom stereocenters. The number of carbonyl (C=O) groups excluding carboxylic acids is 1. The number of anilines is 1. The van der Waals surface area contributed by atoms with Crippen LogP contribution in [0.3, 0.4) is 0 Å². The standard InChI is InChI=1S/C21H18N4O4S/c1-29-19-11-8-15(12-20(19)30(22,27)28)24-21(26)14-6-9-16(10-7-14)25-13-23-17-4-2-3-5-18(17)25/h2-13H,1H3,(H,24,26)(H2,22,27,28). The fourth-order valence-corrected chi connectivity index (χ4v) is 3.84. The highest BCUT2D eigenvalue weighted by atomic mass is 32.2. The van der Waals surface area contributed by atoms with E-state index in [0.29, 0.717) is 5.56 Å². The number of fused-ring (bicyclic) bond motifs is 1. The molecule has 0 saturated heterocycles. The molecule has 0 fully saturated rings. The molecule has 0 aliphatic rings. The second-order valence-electron chi connectivity index (χ2n) is 6.51. The summed E-state index contributed by atoms with van der Waals surface area (Å²) in [7, 11) is -2.66. The van der Waals surface area contributed by atoms with Crippen LogP contribution in [-0.2, 0) is 10.0 Å². The van der Waals surface area contributed by atoms with Gasteiger partial charge in [-0.05, 0) is 54.6 Å². The van der Waals surface area contributed by atoms with E-state index < -0.39 is 10.0 Å². The molecule has 1 heterocycles. The number of benzene rings is 3. The van der Waals surface area contributed by atoms with Gasteiger partial charge in [0.15, 0.2) is 0 Å². The zero-order valence-electron chi connectivity index (χ0n) is 15.9. The molecule has 0 atom stereocenters. The first-order valence-corrected chi connectivity index (χ1v) is 10.5. The van der Waals surface area contributed by atoms with Crippen LogP contribution in [0.4, 0.5) is 5.69 Å². The van der Waals surface area contributed by atoms with E-state index in [4.69, 9.17) is 9.88 Å². The lowest BCUT2D eigenvalue weighted by molar-refractivity contribution is 0.102. The molecule has 3 N–H and O–H groups in total. The highest BCUT2D eigenvalue weighted by Gasteiger charge is 2.17. The van der Waals surface area contributed by atoms with Crippen molar-refractivity contribution in [2.45, 2.75) is 4.90 Å². The number of nitrogens with zero attached hydrogens (tertiary/aromatic N) is 2. The van der Waals surface area contributed by atoms with Crippen LogP contribution in [0, 0.1) is 0 Å². The number of imidazole rings is 1. The number of ether oxygens (including phenoxy) is 1. The molecule has 0 saturated carbocycles. The lowest BCUT2D eigenvalue weighted by Crippen LogP contribution is -2.16. The Bertz CT molecular complexity index is 1350. The number of para-hydroxylation sites is 2. The average Bonchev–Trinajstić information content (AvgIpc) is 3.17. The summed E-state index contributed by atoms with van der Waals surface area (Å²) in [6, 6.07) is 19.0. The monoisotopic (exact) mass is 422 g/mol. The second-order valence-corrected chi connectivity index (χ2v) is 8.04. The number of hydrogen-bond acceptors (Lipinski definition) is 5. The van der Waals surface area contributed by atoms with Gasteiger partial charge in [0.25, 0.3) is 5.91 Å². The van der Waals surface area contributed by atoms with Crippen molar-refractivity contribution in [2.24, 2.45) is 5.14 Å². The van der Waals surface area contributed by atoms with Gasteiger partial charge in [0.05, 0.1) is 18.1 Å². The summed E-state index contributed by atoms with van der Waals surface area (Å²) in [5, 5.41) is 7.89. The second kappa shape index (κ2) is 7.62. The van der Waals surface area contributed by atoms with Crippen molar-refractivity contribution in [1.82, 2.24) is 9.55 Å². The lowest BCUT2D eigenvalue weighted by Gasteiger charge is -2.11. The third kappa shape index (κ3) is 3.76. The van der Waals surface area contributed by atoms with Crippen LogP contribution in [0.15, 0.2) is 78.0 Å². The van der Waals surface area contributed by atoms with Gasteiger partial charge in [-0.2, -0.15) is 0 Å². The first-order chi connectivity index (χ1) is 14.4. The van der Waals surface area contributed by atoms with E-state index in [0.717, 1.165) is 16.7 Å².